The van der Waals surface area contributed by atoms with Gasteiger partial charge >= 0.3 is 0 Å². The average molecular weight is 282 g/mol. The Kier molecular flexibility index (Phi) is 4.71. The maximum absolute atomic E-state index is 9.67. The fourth-order valence-corrected chi connectivity index (χ4v) is 2.17. The van der Waals surface area contributed by atoms with Crippen LogP contribution in [0.4, 0.5) is 0 Å². The van der Waals surface area contributed by atoms with Gasteiger partial charge in [0.1, 0.15) is 36.6 Å². The SMILES string of the molecule is OCC1OC(OC2C(CO)OC(O)C2O)C(O)C1O. The molecule has 0 aromatic heterocycles. The molecule has 2 fully saturated rings. The van der Waals surface area contributed by atoms with Gasteiger partial charge in [0.2, 0.25) is 0 Å². The van der Waals surface area contributed by atoms with E-state index >= 15 is 0 Å². The van der Waals surface area contributed by atoms with E-state index in [4.69, 9.17) is 24.4 Å². The lowest BCUT2D eigenvalue weighted by atomic mass is 10.1. The van der Waals surface area contributed by atoms with Crippen molar-refractivity contribution in [3.63, 3.8) is 0 Å². The van der Waals surface area contributed by atoms with Gasteiger partial charge in [0.05, 0.1) is 13.2 Å². The minimum atomic E-state index is -1.51. The summed E-state index contributed by atoms with van der Waals surface area (Å²) in [5.41, 5.74) is 0. The molecule has 2 saturated heterocycles. The van der Waals surface area contributed by atoms with Gasteiger partial charge in [-0.2, -0.15) is 0 Å². The fraction of sp³-hybridized carbons (Fsp3) is 1.00. The number of rotatable bonds is 4. The molecule has 0 amide bonds. The van der Waals surface area contributed by atoms with Gasteiger partial charge in [-0.15, -0.1) is 0 Å². The second-order valence-electron chi connectivity index (χ2n) is 4.55. The fourth-order valence-electron chi connectivity index (χ4n) is 2.17. The van der Waals surface area contributed by atoms with E-state index < -0.39 is 62.4 Å². The topological polar surface area (TPSA) is 149 Å². The van der Waals surface area contributed by atoms with Crippen molar-refractivity contribution in [1.29, 1.82) is 0 Å². The van der Waals surface area contributed by atoms with Gasteiger partial charge in [0, 0.05) is 0 Å². The molecule has 8 atom stereocenters. The molecule has 112 valence electrons. The number of hydrogen-bond acceptors (Lipinski definition) is 9. The number of hydrogen-bond donors (Lipinski definition) is 6. The maximum atomic E-state index is 9.67. The highest BCUT2D eigenvalue weighted by molar-refractivity contribution is 4.91. The van der Waals surface area contributed by atoms with Gasteiger partial charge < -0.3 is 44.8 Å². The average Bonchev–Trinajstić information content (AvgIpc) is 2.83. The molecule has 2 rings (SSSR count). The molecular weight excluding hydrogens is 264 g/mol. The maximum Gasteiger partial charge on any atom is 0.187 e. The van der Waals surface area contributed by atoms with E-state index in [1.807, 2.05) is 0 Å². The third-order valence-electron chi connectivity index (χ3n) is 3.28. The van der Waals surface area contributed by atoms with Crippen LogP contribution in [0.25, 0.3) is 0 Å². The summed E-state index contributed by atoms with van der Waals surface area (Å²) in [7, 11) is 0. The molecule has 0 aliphatic carbocycles. The van der Waals surface area contributed by atoms with Gasteiger partial charge in [-0.05, 0) is 0 Å². The van der Waals surface area contributed by atoms with Crippen molar-refractivity contribution in [1.82, 2.24) is 0 Å². The predicted molar refractivity (Wildman–Crippen MR) is 56.6 cm³/mol. The number of ether oxygens (including phenoxy) is 3. The summed E-state index contributed by atoms with van der Waals surface area (Å²) in [5.74, 6) is 0. The first-order valence-corrected chi connectivity index (χ1v) is 5.90. The lowest BCUT2D eigenvalue weighted by Crippen LogP contribution is -2.43. The van der Waals surface area contributed by atoms with Crippen LogP contribution in [0.3, 0.4) is 0 Å². The third-order valence-corrected chi connectivity index (χ3v) is 3.28. The Hall–Kier alpha value is -0.360. The Bertz CT molecular complexity index is 301. The first-order chi connectivity index (χ1) is 8.99. The normalized spacial score (nSPS) is 50.8. The molecular formula is C10H18O9. The van der Waals surface area contributed by atoms with E-state index in [-0.39, 0.29) is 0 Å². The van der Waals surface area contributed by atoms with Crippen molar-refractivity contribution in [2.24, 2.45) is 0 Å². The minimum Gasteiger partial charge on any atom is -0.394 e. The van der Waals surface area contributed by atoms with Crippen molar-refractivity contribution in [2.75, 3.05) is 13.2 Å². The second-order valence-corrected chi connectivity index (χ2v) is 4.55. The molecule has 0 aromatic rings. The van der Waals surface area contributed by atoms with E-state index in [1.54, 1.807) is 0 Å². The lowest BCUT2D eigenvalue weighted by molar-refractivity contribution is -0.215. The van der Waals surface area contributed by atoms with Crippen LogP contribution in [-0.4, -0.2) is 93.1 Å². The minimum absolute atomic E-state index is 0.506. The Morgan fingerprint density at radius 2 is 1.42 bits per heavy atom. The van der Waals surface area contributed by atoms with E-state index in [2.05, 4.69) is 0 Å². The van der Waals surface area contributed by atoms with Gasteiger partial charge in [0.25, 0.3) is 0 Å². The monoisotopic (exact) mass is 282 g/mol. The van der Waals surface area contributed by atoms with Crippen molar-refractivity contribution >= 4 is 0 Å². The smallest absolute Gasteiger partial charge is 0.187 e. The van der Waals surface area contributed by atoms with E-state index in [9.17, 15) is 20.4 Å². The number of aliphatic hydroxyl groups is 6. The molecule has 0 aromatic carbocycles. The van der Waals surface area contributed by atoms with Crippen LogP contribution in [0.2, 0.25) is 0 Å². The van der Waals surface area contributed by atoms with Gasteiger partial charge in [-0.3, -0.25) is 0 Å². The number of aliphatic hydroxyl groups excluding tert-OH is 6. The second kappa shape index (κ2) is 5.95. The molecule has 2 heterocycles. The van der Waals surface area contributed by atoms with Crippen LogP contribution in [-0.2, 0) is 14.2 Å². The van der Waals surface area contributed by atoms with Crippen LogP contribution >= 0.6 is 0 Å². The molecule has 9 nitrogen and oxygen atoms in total. The van der Waals surface area contributed by atoms with Gasteiger partial charge in [-0.25, -0.2) is 0 Å². The highest BCUT2D eigenvalue weighted by Crippen LogP contribution is 2.28. The Morgan fingerprint density at radius 3 is 1.95 bits per heavy atom. The van der Waals surface area contributed by atoms with Crippen molar-refractivity contribution in [2.45, 2.75) is 49.2 Å². The first kappa shape index (κ1) is 15.0. The molecule has 8 unspecified atom stereocenters. The summed E-state index contributed by atoms with van der Waals surface area (Å²) in [6.07, 6.45) is -10.1. The highest BCUT2D eigenvalue weighted by Gasteiger charge is 2.49. The van der Waals surface area contributed by atoms with E-state index in [0.717, 1.165) is 0 Å². The molecule has 0 saturated carbocycles. The molecule has 0 spiro atoms. The highest BCUT2D eigenvalue weighted by atomic mass is 16.7. The van der Waals surface area contributed by atoms with E-state index in [0.29, 0.717) is 0 Å². The molecule has 6 N–H and O–H groups in total. The molecule has 2 aliphatic heterocycles. The molecule has 0 bridgehead atoms. The Morgan fingerprint density at radius 1 is 0.789 bits per heavy atom. The zero-order chi connectivity index (χ0) is 14.2. The van der Waals surface area contributed by atoms with Crippen molar-refractivity contribution in [3.05, 3.63) is 0 Å². The summed E-state index contributed by atoms with van der Waals surface area (Å²) in [6, 6.07) is 0. The largest absolute Gasteiger partial charge is 0.394 e. The lowest BCUT2D eigenvalue weighted by Gasteiger charge is -2.24. The molecule has 0 radical (unpaired) electrons. The van der Waals surface area contributed by atoms with Crippen molar-refractivity contribution in [3.8, 4) is 0 Å². The standard InChI is InChI=1S/C10H18O9/c11-1-3-5(13)6(14)10(18-3)19-8-4(2-12)17-9(16)7(8)15/h3-16H,1-2H2. The van der Waals surface area contributed by atoms with Crippen molar-refractivity contribution < 1.29 is 44.8 Å². The van der Waals surface area contributed by atoms with Crippen LogP contribution in [0.15, 0.2) is 0 Å². The van der Waals surface area contributed by atoms with Crippen LogP contribution < -0.4 is 0 Å². The molecule has 19 heavy (non-hydrogen) atoms. The zero-order valence-corrected chi connectivity index (χ0v) is 9.94. The summed E-state index contributed by atoms with van der Waals surface area (Å²) in [5, 5.41) is 56.1. The van der Waals surface area contributed by atoms with Crippen LogP contribution in [0.1, 0.15) is 0 Å². The van der Waals surface area contributed by atoms with Crippen LogP contribution in [0.5, 0.6) is 0 Å². The third kappa shape index (κ3) is 2.75. The van der Waals surface area contributed by atoms with Gasteiger partial charge in [0.15, 0.2) is 12.6 Å². The molecule has 9 heteroatoms. The van der Waals surface area contributed by atoms with Crippen LogP contribution in [0, 0.1) is 0 Å². The summed E-state index contributed by atoms with van der Waals surface area (Å²) >= 11 is 0. The summed E-state index contributed by atoms with van der Waals surface area (Å²) < 4.78 is 15.1. The summed E-state index contributed by atoms with van der Waals surface area (Å²) in [6.45, 7) is -1.01. The molecule has 2 aliphatic rings. The summed E-state index contributed by atoms with van der Waals surface area (Å²) in [4.78, 5) is 0. The van der Waals surface area contributed by atoms with E-state index in [1.165, 1.54) is 0 Å². The Balaban J connectivity index is 2.00. The Labute approximate surface area is 108 Å². The quantitative estimate of drug-likeness (QED) is 0.302. The zero-order valence-electron chi connectivity index (χ0n) is 9.94. The predicted octanol–water partition coefficient (Wildman–Crippen LogP) is -4.12. The van der Waals surface area contributed by atoms with Gasteiger partial charge in [-0.1, -0.05) is 0 Å². The first-order valence-electron chi connectivity index (χ1n) is 5.90.